The molecule has 2 aliphatic heterocycles. The Bertz CT molecular complexity index is 789. The molecule has 0 fully saturated rings. The summed E-state index contributed by atoms with van der Waals surface area (Å²) in [6.07, 6.45) is 0.614. The topological polar surface area (TPSA) is 66.0 Å². The number of hydrogen-bond acceptors (Lipinski definition) is 5. The van der Waals surface area contributed by atoms with E-state index in [1.165, 1.54) is 0 Å². The first kappa shape index (κ1) is 14.7. The van der Waals surface area contributed by atoms with Gasteiger partial charge in [0, 0.05) is 11.8 Å². The molecule has 0 radical (unpaired) electrons. The van der Waals surface area contributed by atoms with E-state index in [0.29, 0.717) is 30.2 Å². The van der Waals surface area contributed by atoms with Crippen LogP contribution in [0.2, 0.25) is 0 Å². The van der Waals surface area contributed by atoms with Crippen molar-refractivity contribution in [2.75, 3.05) is 25.8 Å². The standard InChI is InChI=1S/C18H17NO5/c1-21-14-3-5-15-11(7-14)6-12(9-22-15)18(20)19-13-2-4-16-17(8-13)24-10-23-16/h2-5,7-8,12H,6,9-10H2,1H3,(H,19,20). The normalized spacial score (nSPS) is 17.6. The lowest BCUT2D eigenvalue weighted by Gasteiger charge is -2.25. The molecule has 0 saturated heterocycles. The van der Waals surface area contributed by atoms with Crippen molar-refractivity contribution in [2.45, 2.75) is 6.42 Å². The summed E-state index contributed by atoms with van der Waals surface area (Å²) in [6.45, 7) is 0.567. The predicted octanol–water partition coefficient (Wildman–Crippen LogP) is 2.61. The van der Waals surface area contributed by atoms with Gasteiger partial charge in [-0.2, -0.15) is 0 Å². The highest BCUT2D eigenvalue weighted by Gasteiger charge is 2.27. The fourth-order valence-electron chi connectivity index (χ4n) is 2.88. The van der Waals surface area contributed by atoms with Gasteiger partial charge in [-0.1, -0.05) is 0 Å². The Morgan fingerprint density at radius 2 is 1.92 bits per heavy atom. The first-order valence-corrected chi connectivity index (χ1v) is 7.73. The molecule has 0 aliphatic carbocycles. The number of methoxy groups -OCH3 is 1. The molecule has 2 aromatic rings. The molecule has 124 valence electrons. The van der Waals surface area contributed by atoms with Gasteiger partial charge in [-0.15, -0.1) is 0 Å². The second-order valence-corrected chi connectivity index (χ2v) is 5.74. The van der Waals surface area contributed by atoms with Gasteiger partial charge in [0.1, 0.15) is 18.1 Å². The minimum atomic E-state index is -0.255. The van der Waals surface area contributed by atoms with Gasteiger partial charge in [0.2, 0.25) is 12.7 Å². The molecule has 2 aromatic carbocycles. The lowest BCUT2D eigenvalue weighted by atomic mass is 9.95. The average Bonchev–Trinajstić information content (AvgIpc) is 3.08. The predicted molar refractivity (Wildman–Crippen MR) is 86.9 cm³/mol. The van der Waals surface area contributed by atoms with E-state index in [2.05, 4.69) is 5.32 Å². The number of rotatable bonds is 3. The number of fused-ring (bicyclic) bond motifs is 2. The van der Waals surface area contributed by atoms with Gasteiger partial charge >= 0.3 is 0 Å². The molecule has 1 N–H and O–H groups in total. The van der Waals surface area contributed by atoms with Crippen LogP contribution in [0.25, 0.3) is 0 Å². The van der Waals surface area contributed by atoms with Crippen molar-refractivity contribution in [2.24, 2.45) is 5.92 Å². The Morgan fingerprint density at radius 3 is 2.79 bits per heavy atom. The van der Waals surface area contributed by atoms with Crippen LogP contribution in [0, 0.1) is 5.92 Å². The fourth-order valence-corrected chi connectivity index (χ4v) is 2.88. The van der Waals surface area contributed by atoms with E-state index in [0.717, 1.165) is 17.1 Å². The number of benzene rings is 2. The first-order valence-electron chi connectivity index (χ1n) is 7.73. The summed E-state index contributed by atoms with van der Waals surface area (Å²) < 4.78 is 21.5. The van der Waals surface area contributed by atoms with E-state index in [1.807, 2.05) is 18.2 Å². The average molecular weight is 327 g/mol. The molecule has 0 bridgehead atoms. The molecular weight excluding hydrogens is 310 g/mol. The van der Waals surface area contributed by atoms with Crippen LogP contribution in [-0.2, 0) is 11.2 Å². The quantitative estimate of drug-likeness (QED) is 0.939. The minimum absolute atomic E-state index is 0.0812. The van der Waals surface area contributed by atoms with E-state index < -0.39 is 0 Å². The third kappa shape index (κ3) is 2.71. The van der Waals surface area contributed by atoms with E-state index >= 15 is 0 Å². The van der Waals surface area contributed by atoms with Gasteiger partial charge < -0.3 is 24.3 Å². The number of amides is 1. The molecule has 1 amide bonds. The van der Waals surface area contributed by atoms with E-state index in [4.69, 9.17) is 18.9 Å². The molecule has 0 aromatic heterocycles. The largest absolute Gasteiger partial charge is 0.497 e. The van der Waals surface area contributed by atoms with Crippen molar-refractivity contribution >= 4 is 11.6 Å². The number of nitrogens with one attached hydrogen (secondary N) is 1. The summed E-state index contributed by atoms with van der Waals surface area (Å²) in [5.41, 5.74) is 1.66. The van der Waals surface area contributed by atoms with E-state index in [9.17, 15) is 4.79 Å². The highest BCUT2D eigenvalue weighted by molar-refractivity contribution is 5.93. The van der Waals surface area contributed by atoms with Gasteiger partial charge in [0.15, 0.2) is 11.5 Å². The molecule has 6 nitrogen and oxygen atoms in total. The third-order valence-electron chi connectivity index (χ3n) is 4.18. The van der Waals surface area contributed by atoms with Crippen LogP contribution < -0.4 is 24.3 Å². The van der Waals surface area contributed by atoms with Gasteiger partial charge in [0.05, 0.1) is 13.0 Å². The highest BCUT2D eigenvalue weighted by Crippen LogP contribution is 2.35. The summed E-state index contributed by atoms with van der Waals surface area (Å²) in [4.78, 5) is 12.5. The lowest BCUT2D eigenvalue weighted by molar-refractivity contribution is -0.121. The Morgan fingerprint density at radius 1 is 1.08 bits per heavy atom. The van der Waals surface area contributed by atoms with Crippen molar-refractivity contribution in [3.05, 3.63) is 42.0 Å². The molecule has 4 rings (SSSR count). The maximum Gasteiger partial charge on any atom is 0.231 e. The lowest BCUT2D eigenvalue weighted by Crippen LogP contribution is -2.32. The van der Waals surface area contributed by atoms with Crippen molar-refractivity contribution in [1.29, 1.82) is 0 Å². The maximum absolute atomic E-state index is 12.5. The number of carbonyl (C=O) groups is 1. The monoisotopic (exact) mass is 327 g/mol. The van der Waals surface area contributed by atoms with E-state index in [1.54, 1.807) is 25.3 Å². The molecule has 1 atom stereocenters. The van der Waals surface area contributed by atoms with Crippen LogP contribution in [0.4, 0.5) is 5.69 Å². The molecule has 6 heteroatoms. The summed E-state index contributed by atoms with van der Waals surface area (Å²) in [7, 11) is 1.62. The molecule has 24 heavy (non-hydrogen) atoms. The van der Waals surface area contributed by atoms with Crippen LogP contribution in [0.5, 0.6) is 23.0 Å². The third-order valence-corrected chi connectivity index (χ3v) is 4.18. The first-order chi connectivity index (χ1) is 11.7. The Balaban J connectivity index is 1.47. The molecule has 0 saturated carbocycles. The summed E-state index contributed by atoms with van der Waals surface area (Å²) >= 11 is 0. The highest BCUT2D eigenvalue weighted by atomic mass is 16.7. The Labute approximate surface area is 139 Å². The summed E-state index contributed by atoms with van der Waals surface area (Å²) in [6, 6.07) is 11.0. The zero-order chi connectivity index (χ0) is 16.5. The molecule has 2 heterocycles. The number of ether oxygens (including phenoxy) is 4. The molecule has 1 unspecified atom stereocenters. The maximum atomic E-state index is 12.5. The Hall–Kier alpha value is -2.89. The smallest absolute Gasteiger partial charge is 0.231 e. The molecule has 0 spiro atoms. The van der Waals surface area contributed by atoms with Crippen LogP contribution in [0.3, 0.4) is 0 Å². The van der Waals surface area contributed by atoms with Crippen LogP contribution in [-0.4, -0.2) is 26.4 Å². The van der Waals surface area contributed by atoms with Gasteiger partial charge in [-0.3, -0.25) is 4.79 Å². The number of hydrogen-bond donors (Lipinski definition) is 1. The fraction of sp³-hybridized carbons (Fsp3) is 0.278. The zero-order valence-corrected chi connectivity index (χ0v) is 13.2. The minimum Gasteiger partial charge on any atom is -0.497 e. The Kier molecular flexibility index (Phi) is 3.65. The van der Waals surface area contributed by atoms with Crippen LogP contribution >= 0.6 is 0 Å². The second-order valence-electron chi connectivity index (χ2n) is 5.74. The summed E-state index contributed by atoms with van der Waals surface area (Å²) in [5, 5.41) is 2.92. The van der Waals surface area contributed by atoms with Crippen molar-refractivity contribution in [3.8, 4) is 23.0 Å². The second kappa shape index (κ2) is 5.96. The van der Waals surface area contributed by atoms with Crippen LogP contribution in [0.15, 0.2) is 36.4 Å². The molecule has 2 aliphatic rings. The zero-order valence-electron chi connectivity index (χ0n) is 13.2. The van der Waals surface area contributed by atoms with E-state index in [-0.39, 0.29) is 18.6 Å². The number of anilines is 1. The summed E-state index contributed by atoms with van der Waals surface area (Å²) in [5.74, 6) is 2.56. The van der Waals surface area contributed by atoms with Crippen LogP contribution in [0.1, 0.15) is 5.56 Å². The number of carbonyl (C=O) groups excluding carboxylic acids is 1. The SMILES string of the molecule is COc1ccc2c(c1)CC(C(=O)Nc1ccc3c(c1)OCO3)CO2. The van der Waals surface area contributed by atoms with Gasteiger partial charge in [0.25, 0.3) is 0 Å². The van der Waals surface area contributed by atoms with Gasteiger partial charge in [-0.05, 0) is 42.3 Å². The van der Waals surface area contributed by atoms with Crippen molar-refractivity contribution in [3.63, 3.8) is 0 Å². The van der Waals surface area contributed by atoms with Gasteiger partial charge in [-0.25, -0.2) is 0 Å². The van der Waals surface area contributed by atoms with Crippen molar-refractivity contribution < 1.29 is 23.7 Å². The van der Waals surface area contributed by atoms with Crippen molar-refractivity contribution in [1.82, 2.24) is 0 Å². The molecular formula is C18H17NO5.